The second-order valence-corrected chi connectivity index (χ2v) is 6.53. The van der Waals surface area contributed by atoms with Crippen molar-refractivity contribution in [3.63, 3.8) is 0 Å². The standard InChI is InChI=1S/C19H23N5O2/c1-5-6-7-13-16(25)22-19(23-17(13)26)24-18-20-12(4)14-8-10(2)11(3)9-15(14)21-18/h8-9H,5-7H2,1-4H3,(H3,20,21,22,23,24,25,26). The van der Waals surface area contributed by atoms with Crippen LogP contribution in [0, 0.1) is 20.8 Å². The SMILES string of the molecule is CCCCc1c(O)nc(Nc2nc(C)c3cc(C)c(C)cc3n2)[nH]c1=O. The van der Waals surface area contributed by atoms with Crippen molar-refractivity contribution >= 4 is 22.8 Å². The Bertz CT molecular complexity index is 1030. The van der Waals surface area contributed by atoms with Crippen LogP contribution in [0.1, 0.15) is 42.1 Å². The Balaban J connectivity index is 1.96. The fourth-order valence-electron chi connectivity index (χ4n) is 2.83. The highest BCUT2D eigenvalue weighted by molar-refractivity contribution is 5.83. The minimum atomic E-state index is -0.350. The molecular formula is C19H23N5O2. The first kappa shape index (κ1) is 17.8. The summed E-state index contributed by atoms with van der Waals surface area (Å²) < 4.78 is 0. The molecule has 2 aromatic heterocycles. The lowest BCUT2D eigenvalue weighted by atomic mass is 10.1. The van der Waals surface area contributed by atoms with E-state index < -0.39 is 0 Å². The zero-order chi connectivity index (χ0) is 18.8. The Morgan fingerprint density at radius 1 is 1.12 bits per heavy atom. The van der Waals surface area contributed by atoms with E-state index in [1.807, 2.05) is 26.8 Å². The Morgan fingerprint density at radius 2 is 1.85 bits per heavy atom. The molecule has 26 heavy (non-hydrogen) atoms. The number of aromatic hydroxyl groups is 1. The number of anilines is 2. The van der Waals surface area contributed by atoms with Gasteiger partial charge in [-0.15, -0.1) is 0 Å². The number of unbranched alkanes of at least 4 members (excludes halogenated alkanes) is 1. The van der Waals surface area contributed by atoms with Crippen LogP contribution in [-0.4, -0.2) is 25.0 Å². The van der Waals surface area contributed by atoms with Gasteiger partial charge >= 0.3 is 0 Å². The van der Waals surface area contributed by atoms with Gasteiger partial charge < -0.3 is 5.11 Å². The molecule has 3 rings (SSSR count). The maximum Gasteiger partial charge on any atom is 0.259 e. The average Bonchev–Trinajstić information content (AvgIpc) is 2.56. The highest BCUT2D eigenvalue weighted by Crippen LogP contribution is 2.22. The van der Waals surface area contributed by atoms with Crippen LogP contribution in [0.3, 0.4) is 0 Å². The summed E-state index contributed by atoms with van der Waals surface area (Å²) in [7, 11) is 0. The number of rotatable bonds is 5. The molecule has 0 spiro atoms. The third-order valence-electron chi connectivity index (χ3n) is 4.51. The highest BCUT2D eigenvalue weighted by Gasteiger charge is 2.12. The molecule has 0 unspecified atom stereocenters. The Morgan fingerprint density at radius 3 is 2.54 bits per heavy atom. The Kier molecular flexibility index (Phi) is 4.88. The molecule has 0 saturated heterocycles. The smallest absolute Gasteiger partial charge is 0.259 e. The predicted octanol–water partition coefficient (Wildman–Crippen LogP) is 3.43. The van der Waals surface area contributed by atoms with E-state index in [1.54, 1.807) is 0 Å². The lowest BCUT2D eigenvalue weighted by Gasteiger charge is -2.10. The third kappa shape index (κ3) is 3.51. The summed E-state index contributed by atoms with van der Waals surface area (Å²) in [5, 5.41) is 13.9. The van der Waals surface area contributed by atoms with Gasteiger partial charge in [0, 0.05) is 5.39 Å². The molecule has 7 heteroatoms. The molecule has 3 aromatic rings. The molecule has 0 atom stereocenters. The fourth-order valence-corrected chi connectivity index (χ4v) is 2.83. The van der Waals surface area contributed by atoms with Crippen LogP contribution in [0.2, 0.25) is 0 Å². The summed E-state index contributed by atoms with van der Waals surface area (Å²) in [6.45, 7) is 8.02. The molecule has 0 amide bonds. The van der Waals surface area contributed by atoms with Crippen molar-refractivity contribution in [1.29, 1.82) is 0 Å². The van der Waals surface area contributed by atoms with Crippen LogP contribution in [-0.2, 0) is 6.42 Å². The largest absolute Gasteiger partial charge is 0.493 e. The van der Waals surface area contributed by atoms with E-state index in [0.717, 1.165) is 35.0 Å². The van der Waals surface area contributed by atoms with E-state index >= 15 is 0 Å². The number of hydrogen-bond donors (Lipinski definition) is 3. The molecule has 0 aliphatic carbocycles. The normalized spacial score (nSPS) is 11.1. The molecule has 136 valence electrons. The van der Waals surface area contributed by atoms with Gasteiger partial charge in [0.05, 0.1) is 16.8 Å². The molecule has 1 aromatic carbocycles. The molecular weight excluding hydrogens is 330 g/mol. The van der Waals surface area contributed by atoms with Gasteiger partial charge in [0.2, 0.25) is 17.8 Å². The number of benzene rings is 1. The van der Waals surface area contributed by atoms with Crippen LogP contribution in [0.25, 0.3) is 10.9 Å². The van der Waals surface area contributed by atoms with Crippen molar-refractivity contribution in [3.8, 4) is 5.88 Å². The van der Waals surface area contributed by atoms with E-state index in [0.29, 0.717) is 17.9 Å². The van der Waals surface area contributed by atoms with E-state index in [4.69, 9.17) is 0 Å². The average molecular weight is 353 g/mol. The van der Waals surface area contributed by atoms with Crippen molar-refractivity contribution in [2.24, 2.45) is 0 Å². The van der Waals surface area contributed by atoms with Crippen LogP contribution in [0.4, 0.5) is 11.9 Å². The third-order valence-corrected chi connectivity index (χ3v) is 4.51. The second-order valence-electron chi connectivity index (χ2n) is 6.53. The van der Waals surface area contributed by atoms with Crippen molar-refractivity contribution in [2.75, 3.05) is 5.32 Å². The van der Waals surface area contributed by atoms with Crippen LogP contribution in [0.5, 0.6) is 5.88 Å². The summed E-state index contributed by atoms with van der Waals surface area (Å²) in [6.07, 6.45) is 2.24. The topological polar surface area (TPSA) is 104 Å². The summed E-state index contributed by atoms with van der Waals surface area (Å²) in [5.74, 6) is 0.186. The molecule has 0 radical (unpaired) electrons. The van der Waals surface area contributed by atoms with Crippen molar-refractivity contribution < 1.29 is 5.11 Å². The van der Waals surface area contributed by atoms with Gasteiger partial charge in [-0.2, -0.15) is 4.98 Å². The molecule has 3 N–H and O–H groups in total. The van der Waals surface area contributed by atoms with Crippen LogP contribution < -0.4 is 10.9 Å². The first-order valence-corrected chi connectivity index (χ1v) is 8.73. The minimum absolute atomic E-state index is 0.121. The van der Waals surface area contributed by atoms with Gasteiger partial charge in [-0.05, 0) is 56.9 Å². The lowest BCUT2D eigenvalue weighted by molar-refractivity contribution is 0.443. The van der Waals surface area contributed by atoms with E-state index in [-0.39, 0.29) is 17.4 Å². The maximum absolute atomic E-state index is 12.2. The van der Waals surface area contributed by atoms with Crippen LogP contribution >= 0.6 is 0 Å². The number of aryl methyl sites for hydroxylation is 3. The molecule has 0 aliphatic rings. The number of aromatic amines is 1. The molecule has 0 aliphatic heterocycles. The zero-order valence-corrected chi connectivity index (χ0v) is 15.5. The summed E-state index contributed by atoms with van der Waals surface area (Å²) in [4.78, 5) is 27.8. The zero-order valence-electron chi connectivity index (χ0n) is 15.5. The summed E-state index contributed by atoms with van der Waals surface area (Å²) in [5.41, 5.74) is 3.92. The quantitative estimate of drug-likeness (QED) is 0.649. The number of fused-ring (bicyclic) bond motifs is 1. The molecule has 2 heterocycles. The van der Waals surface area contributed by atoms with Crippen molar-refractivity contribution in [2.45, 2.75) is 47.0 Å². The molecule has 0 saturated carbocycles. The first-order valence-electron chi connectivity index (χ1n) is 8.73. The molecule has 0 fully saturated rings. The predicted molar refractivity (Wildman–Crippen MR) is 102 cm³/mol. The van der Waals surface area contributed by atoms with Gasteiger partial charge in [0.15, 0.2) is 0 Å². The Hall–Kier alpha value is -2.96. The lowest BCUT2D eigenvalue weighted by Crippen LogP contribution is -2.16. The maximum atomic E-state index is 12.2. The van der Waals surface area contributed by atoms with Gasteiger partial charge in [0.1, 0.15) is 0 Å². The van der Waals surface area contributed by atoms with Gasteiger partial charge in [0.25, 0.3) is 5.56 Å². The van der Waals surface area contributed by atoms with Gasteiger partial charge in [-0.1, -0.05) is 13.3 Å². The summed E-state index contributed by atoms with van der Waals surface area (Å²) >= 11 is 0. The fraction of sp³-hybridized carbons (Fsp3) is 0.368. The Labute approximate surface area is 151 Å². The monoisotopic (exact) mass is 353 g/mol. The summed E-state index contributed by atoms with van der Waals surface area (Å²) in [6, 6.07) is 4.07. The van der Waals surface area contributed by atoms with E-state index in [2.05, 4.69) is 38.2 Å². The molecule has 7 nitrogen and oxygen atoms in total. The minimum Gasteiger partial charge on any atom is -0.493 e. The number of nitrogens with one attached hydrogen (secondary N) is 2. The second kappa shape index (κ2) is 7.11. The van der Waals surface area contributed by atoms with E-state index in [9.17, 15) is 9.90 Å². The van der Waals surface area contributed by atoms with Crippen LogP contribution in [0.15, 0.2) is 16.9 Å². The van der Waals surface area contributed by atoms with Crippen molar-refractivity contribution in [1.82, 2.24) is 19.9 Å². The number of H-pyrrole nitrogens is 1. The number of nitrogens with zero attached hydrogens (tertiary/aromatic N) is 3. The molecule has 0 bridgehead atoms. The van der Waals surface area contributed by atoms with Crippen molar-refractivity contribution in [3.05, 3.63) is 44.9 Å². The first-order chi connectivity index (χ1) is 12.4. The number of aromatic nitrogens is 4. The number of hydrogen-bond acceptors (Lipinski definition) is 6. The van der Waals surface area contributed by atoms with E-state index in [1.165, 1.54) is 5.56 Å². The highest BCUT2D eigenvalue weighted by atomic mass is 16.3. The van der Waals surface area contributed by atoms with Gasteiger partial charge in [-0.25, -0.2) is 9.97 Å². The van der Waals surface area contributed by atoms with Gasteiger partial charge in [-0.3, -0.25) is 15.1 Å².